The maximum absolute atomic E-state index is 13.9. The van der Waals surface area contributed by atoms with Crippen molar-refractivity contribution in [2.75, 3.05) is 25.1 Å². The topological polar surface area (TPSA) is 105 Å². The van der Waals surface area contributed by atoms with Crippen molar-refractivity contribution in [3.8, 4) is 0 Å². The van der Waals surface area contributed by atoms with Gasteiger partial charge in [0.15, 0.2) is 0 Å². The van der Waals surface area contributed by atoms with Gasteiger partial charge < -0.3 is 24.8 Å². The van der Waals surface area contributed by atoms with Crippen LogP contribution in [0, 0.1) is 17.8 Å². The van der Waals surface area contributed by atoms with Crippen molar-refractivity contribution in [3.63, 3.8) is 0 Å². The summed E-state index contributed by atoms with van der Waals surface area (Å²) in [5, 5.41) is 12.6. The molecule has 0 radical (unpaired) electrons. The maximum Gasteiger partial charge on any atom is 0.312 e. The molecule has 4 rings (SSSR count). The summed E-state index contributed by atoms with van der Waals surface area (Å²) in [5.41, 5.74) is -1.40. The molecule has 1 aromatic carbocycles. The Bertz CT molecular complexity index is 971. The lowest BCUT2D eigenvalue weighted by Gasteiger charge is -2.35. The van der Waals surface area contributed by atoms with E-state index in [1.165, 1.54) is 0 Å². The van der Waals surface area contributed by atoms with E-state index >= 15 is 0 Å². The average molecular weight is 507 g/mol. The first-order valence-corrected chi connectivity index (χ1v) is 12.9. The zero-order chi connectivity index (χ0) is 25.4. The van der Waals surface area contributed by atoms with Crippen LogP contribution in [0.15, 0.2) is 24.3 Å². The van der Waals surface area contributed by atoms with E-state index in [1.54, 1.807) is 36.1 Å². The second kappa shape index (κ2) is 10.1. The van der Waals surface area contributed by atoms with Crippen LogP contribution in [0.25, 0.3) is 0 Å². The van der Waals surface area contributed by atoms with E-state index < -0.39 is 35.0 Å². The highest BCUT2D eigenvalue weighted by Crippen LogP contribution is 2.65. The van der Waals surface area contributed by atoms with Crippen molar-refractivity contribution in [1.82, 2.24) is 4.90 Å². The summed E-state index contributed by atoms with van der Waals surface area (Å²) in [6.45, 7) is 6.34. The third-order valence-corrected chi connectivity index (χ3v) is 8.27. The van der Waals surface area contributed by atoms with Crippen LogP contribution in [0.4, 0.5) is 5.69 Å². The number of carbonyl (C=O) groups excluding carboxylic acids is 3. The van der Waals surface area contributed by atoms with E-state index in [4.69, 9.17) is 26.2 Å². The van der Waals surface area contributed by atoms with Gasteiger partial charge in [0.05, 0.1) is 18.1 Å². The Balaban J connectivity index is 1.67. The van der Waals surface area contributed by atoms with Gasteiger partial charge in [0, 0.05) is 23.9 Å². The molecule has 0 saturated carbocycles. The minimum Gasteiger partial charge on any atom is -0.466 e. The molecular weight excluding hydrogens is 472 g/mol. The Labute approximate surface area is 211 Å². The molecule has 6 atom stereocenters. The van der Waals surface area contributed by atoms with Crippen LogP contribution in [-0.4, -0.2) is 64.8 Å². The predicted octanol–water partition coefficient (Wildman–Crippen LogP) is 3.41. The van der Waals surface area contributed by atoms with E-state index in [-0.39, 0.29) is 30.9 Å². The second-order valence-corrected chi connectivity index (χ2v) is 10.6. The van der Waals surface area contributed by atoms with Crippen molar-refractivity contribution in [2.45, 2.75) is 70.1 Å². The van der Waals surface area contributed by atoms with Gasteiger partial charge in [-0.15, -0.1) is 0 Å². The highest BCUT2D eigenvalue weighted by molar-refractivity contribution is 6.30. The Morgan fingerprint density at radius 1 is 1.23 bits per heavy atom. The van der Waals surface area contributed by atoms with Crippen molar-refractivity contribution in [2.24, 2.45) is 17.8 Å². The van der Waals surface area contributed by atoms with Crippen LogP contribution < -0.4 is 5.32 Å². The number of fused-ring (bicyclic) bond motifs is 1. The number of hydrogen-bond acceptors (Lipinski definition) is 6. The molecule has 2 N–H and O–H groups in total. The number of unbranched alkanes of at least 4 members (excludes halogenated alkanes) is 3. The molecule has 8 nitrogen and oxygen atoms in total. The molecule has 2 amide bonds. The summed E-state index contributed by atoms with van der Waals surface area (Å²) >= 11 is 5.99. The van der Waals surface area contributed by atoms with Gasteiger partial charge in [-0.25, -0.2) is 0 Å². The number of nitrogens with one attached hydrogen (secondary N) is 1. The number of halogens is 1. The Hall–Kier alpha value is -2.16. The number of ether oxygens (including phenoxy) is 2. The fraction of sp³-hybridized carbons (Fsp3) is 0.654. The molecule has 3 aliphatic heterocycles. The van der Waals surface area contributed by atoms with Crippen LogP contribution >= 0.6 is 11.6 Å². The average Bonchev–Trinajstić information content (AvgIpc) is 3.32. The number of hydrogen-bond donors (Lipinski definition) is 2. The highest BCUT2D eigenvalue weighted by Gasteiger charge is 2.80. The SMILES string of the molecule is CCOC(=O)[C@@H]1[C@H]2C(=O)N(CCCCCCO)C(C(=O)Nc3ccc(Cl)cc3)C23CC(C)[C@@]1(C)O3. The fourth-order valence-electron chi connectivity index (χ4n) is 6.36. The normalized spacial score (nSPS) is 33.2. The molecule has 2 bridgehead atoms. The third kappa shape index (κ3) is 4.34. The molecule has 3 aliphatic rings. The number of esters is 1. The van der Waals surface area contributed by atoms with Crippen LogP contribution in [0.1, 0.15) is 52.9 Å². The molecule has 35 heavy (non-hydrogen) atoms. The molecule has 3 fully saturated rings. The summed E-state index contributed by atoms with van der Waals surface area (Å²) < 4.78 is 12.0. The molecule has 9 heteroatoms. The number of amides is 2. The smallest absolute Gasteiger partial charge is 0.312 e. The van der Waals surface area contributed by atoms with Crippen molar-refractivity contribution in [3.05, 3.63) is 29.3 Å². The summed E-state index contributed by atoms with van der Waals surface area (Å²) in [5.74, 6) is -2.55. The predicted molar refractivity (Wildman–Crippen MR) is 131 cm³/mol. The van der Waals surface area contributed by atoms with Crippen molar-refractivity contribution < 1.29 is 29.0 Å². The molecule has 3 unspecified atom stereocenters. The lowest BCUT2D eigenvalue weighted by molar-refractivity contribution is -0.160. The molecule has 3 saturated heterocycles. The molecule has 1 aromatic rings. The first-order chi connectivity index (χ1) is 16.7. The number of anilines is 1. The number of aliphatic hydroxyl groups excluding tert-OH is 1. The van der Waals surface area contributed by atoms with Crippen LogP contribution in [0.2, 0.25) is 5.02 Å². The second-order valence-electron chi connectivity index (χ2n) is 10.1. The Morgan fingerprint density at radius 2 is 1.91 bits per heavy atom. The molecule has 192 valence electrons. The van der Waals surface area contributed by atoms with E-state index in [2.05, 4.69) is 5.32 Å². The summed E-state index contributed by atoms with van der Waals surface area (Å²) in [4.78, 5) is 42.3. The number of carbonyl (C=O) groups is 3. The number of aliphatic hydroxyl groups is 1. The first kappa shape index (κ1) is 25.9. The fourth-order valence-corrected chi connectivity index (χ4v) is 6.49. The molecule has 1 spiro atoms. The number of rotatable bonds is 10. The van der Waals surface area contributed by atoms with Crippen LogP contribution in [0.3, 0.4) is 0 Å². The van der Waals surface area contributed by atoms with Gasteiger partial charge in [-0.3, -0.25) is 14.4 Å². The minimum atomic E-state index is -1.09. The minimum absolute atomic E-state index is 0.0312. The van der Waals surface area contributed by atoms with Gasteiger partial charge in [0.1, 0.15) is 17.6 Å². The van der Waals surface area contributed by atoms with Gasteiger partial charge in [0.25, 0.3) is 0 Å². The van der Waals surface area contributed by atoms with E-state index in [1.807, 2.05) is 13.8 Å². The van der Waals surface area contributed by atoms with Gasteiger partial charge in [0.2, 0.25) is 11.8 Å². The number of benzene rings is 1. The first-order valence-electron chi connectivity index (χ1n) is 12.5. The van der Waals surface area contributed by atoms with Gasteiger partial charge in [-0.1, -0.05) is 31.4 Å². The third-order valence-electron chi connectivity index (χ3n) is 8.02. The Kier molecular flexibility index (Phi) is 7.46. The standard InChI is InChI=1S/C26H35ClN2O6/c1-4-34-24(33)20-19-23(32)29(13-7-5-6-8-14-30)21(26(19)15-16(2)25(20,3)35-26)22(31)28-18-11-9-17(27)10-12-18/h9-12,16,19-21,30H,4-8,13-15H2,1-3H3,(H,28,31)/t16?,19-,20-,21?,25+,26?/m0/s1. The summed E-state index contributed by atoms with van der Waals surface area (Å²) in [6, 6.07) is 5.94. The van der Waals surface area contributed by atoms with Gasteiger partial charge >= 0.3 is 5.97 Å². The highest BCUT2D eigenvalue weighted by atomic mass is 35.5. The zero-order valence-electron chi connectivity index (χ0n) is 20.6. The number of nitrogens with zero attached hydrogens (tertiary/aromatic N) is 1. The molecular formula is C26H35ClN2O6. The maximum atomic E-state index is 13.9. The number of likely N-dealkylation sites (tertiary alicyclic amines) is 1. The Morgan fingerprint density at radius 3 is 2.57 bits per heavy atom. The monoisotopic (exact) mass is 506 g/mol. The molecule has 3 heterocycles. The van der Waals surface area contributed by atoms with Crippen LogP contribution in [-0.2, 0) is 23.9 Å². The largest absolute Gasteiger partial charge is 0.466 e. The lowest BCUT2D eigenvalue weighted by atomic mass is 9.62. The van der Waals surface area contributed by atoms with Crippen LogP contribution in [0.5, 0.6) is 0 Å². The molecule has 0 aromatic heterocycles. The zero-order valence-corrected chi connectivity index (χ0v) is 21.3. The lowest BCUT2D eigenvalue weighted by Crippen LogP contribution is -2.54. The summed E-state index contributed by atoms with van der Waals surface area (Å²) in [7, 11) is 0. The summed E-state index contributed by atoms with van der Waals surface area (Å²) in [6.07, 6.45) is 3.56. The van der Waals surface area contributed by atoms with E-state index in [0.717, 1.165) is 12.8 Å². The quantitative estimate of drug-likeness (QED) is 0.372. The van der Waals surface area contributed by atoms with E-state index in [0.29, 0.717) is 36.5 Å². The van der Waals surface area contributed by atoms with Crippen molar-refractivity contribution in [1.29, 1.82) is 0 Å². The van der Waals surface area contributed by atoms with Gasteiger partial charge in [-0.05, 0) is 63.3 Å². The van der Waals surface area contributed by atoms with Gasteiger partial charge in [-0.2, -0.15) is 0 Å². The van der Waals surface area contributed by atoms with Crippen molar-refractivity contribution >= 4 is 35.1 Å². The molecule has 0 aliphatic carbocycles. The van der Waals surface area contributed by atoms with E-state index in [9.17, 15) is 14.4 Å².